The summed E-state index contributed by atoms with van der Waals surface area (Å²) in [6.07, 6.45) is -2.50. The number of benzene rings is 1. The highest BCUT2D eigenvalue weighted by Crippen LogP contribution is 2.34. The van der Waals surface area contributed by atoms with Crippen LogP contribution in [-0.4, -0.2) is 23.4 Å². The molecule has 2 rings (SSSR count). The van der Waals surface area contributed by atoms with Crippen molar-refractivity contribution < 1.29 is 13.2 Å². The minimum absolute atomic E-state index is 0.248. The van der Waals surface area contributed by atoms with Gasteiger partial charge in [-0.1, -0.05) is 13.0 Å². The molecule has 0 aliphatic rings. The molecule has 6 heteroatoms. The first-order valence-corrected chi connectivity index (χ1v) is 7.07. The highest BCUT2D eigenvalue weighted by molar-refractivity contribution is 5.83. The van der Waals surface area contributed by atoms with Crippen LogP contribution in [0.3, 0.4) is 0 Å². The van der Waals surface area contributed by atoms with Crippen LogP contribution in [0.4, 0.5) is 13.2 Å². The van der Waals surface area contributed by atoms with E-state index in [9.17, 15) is 13.2 Å². The summed E-state index contributed by atoms with van der Waals surface area (Å²) in [7, 11) is 3.58. The van der Waals surface area contributed by atoms with Crippen molar-refractivity contribution in [3.8, 4) is 0 Å². The first kappa shape index (κ1) is 15.8. The second-order valence-electron chi connectivity index (χ2n) is 5.24. The van der Waals surface area contributed by atoms with Crippen molar-refractivity contribution >= 4 is 10.9 Å². The summed E-state index contributed by atoms with van der Waals surface area (Å²) in [4.78, 5) is 0. The lowest BCUT2D eigenvalue weighted by Crippen LogP contribution is -2.12. The molecule has 0 saturated carbocycles. The largest absolute Gasteiger partial charge is 0.416 e. The molecule has 1 aromatic heterocycles. The standard InChI is InChI=1S/C15H20F3N3/c1-4-10(7-8-19-2)14-12-6-5-11(15(16,17)18)9-13(12)21(3)20-14/h5-6,9-10,19H,4,7-8H2,1-3H3. The molecule has 0 aliphatic carbocycles. The van der Waals surface area contributed by atoms with Gasteiger partial charge in [-0.3, -0.25) is 4.68 Å². The van der Waals surface area contributed by atoms with E-state index in [1.54, 1.807) is 17.8 Å². The SMILES string of the molecule is CCC(CCNC)c1nn(C)c2cc(C(F)(F)F)ccc12. The van der Waals surface area contributed by atoms with Gasteiger partial charge in [0.2, 0.25) is 0 Å². The lowest BCUT2D eigenvalue weighted by Gasteiger charge is -2.12. The van der Waals surface area contributed by atoms with Crippen molar-refractivity contribution in [2.45, 2.75) is 31.9 Å². The number of aryl methyl sites for hydroxylation is 1. The normalized spacial score (nSPS) is 13.8. The molecule has 1 N–H and O–H groups in total. The molecular formula is C15H20F3N3. The maximum atomic E-state index is 12.8. The maximum Gasteiger partial charge on any atom is 0.416 e. The zero-order valence-electron chi connectivity index (χ0n) is 12.5. The van der Waals surface area contributed by atoms with Gasteiger partial charge in [0.25, 0.3) is 0 Å². The van der Waals surface area contributed by atoms with Gasteiger partial charge in [-0.05, 0) is 38.6 Å². The van der Waals surface area contributed by atoms with Crippen molar-refractivity contribution in [3.63, 3.8) is 0 Å². The molecular weight excluding hydrogens is 279 g/mol. The van der Waals surface area contributed by atoms with Crippen LogP contribution in [0.2, 0.25) is 0 Å². The van der Waals surface area contributed by atoms with Crippen molar-refractivity contribution in [2.24, 2.45) is 7.05 Å². The number of rotatable bonds is 5. The molecule has 0 spiro atoms. The number of nitrogens with zero attached hydrogens (tertiary/aromatic N) is 2. The lowest BCUT2D eigenvalue weighted by molar-refractivity contribution is -0.137. The molecule has 0 bridgehead atoms. The molecule has 0 aliphatic heterocycles. The highest BCUT2D eigenvalue weighted by atomic mass is 19.4. The van der Waals surface area contributed by atoms with E-state index in [0.29, 0.717) is 5.52 Å². The van der Waals surface area contributed by atoms with E-state index in [1.165, 1.54) is 6.07 Å². The third kappa shape index (κ3) is 3.20. The van der Waals surface area contributed by atoms with Gasteiger partial charge in [-0.2, -0.15) is 18.3 Å². The fraction of sp³-hybridized carbons (Fsp3) is 0.533. The van der Waals surface area contributed by atoms with Gasteiger partial charge in [0.15, 0.2) is 0 Å². The Morgan fingerprint density at radius 2 is 2.05 bits per heavy atom. The summed E-state index contributed by atoms with van der Waals surface area (Å²) >= 11 is 0. The molecule has 1 heterocycles. The van der Waals surface area contributed by atoms with Crippen LogP contribution < -0.4 is 5.32 Å². The Morgan fingerprint density at radius 1 is 1.33 bits per heavy atom. The van der Waals surface area contributed by atoms with Crippen LogP contribution in [0.1, 0.15) is 36.9 Å². The van der Waals surface area contributed by atoms with Crippen molar-refractivity contribution in [2.75, 3.05) is 13.6 Å². The molecule has 0 radical (unpaired) electrons. The molecule has 3 nitrogen and oxygen atoms in total. The average Bonchev–Trinajstić information content (AvgIpc) is 2.76. The van der Waals surface area contributed by atoms with E-state index >= 15 is 0 Å². The second kappa shape index (κ2) is 6.05. The third-order valence-corrected chi connectivity index (χ3v) is 3.83. The first-order chi connectivity index (χ1) is 9.88. The summed E-state index contributed by atoms with van der Waals surface area (Å²) in [6, 6.07) is 3.86. The Morgan fingerprint density at radius 3 is 2.62 bits per heavy atom. The van der Waals surface area contributed by atoms with Gasteiger partial charge < -0.3 is 5.32 Å². The van der Waals surface area contributed by atoms with Crippen LogP contribution >= 0.6 is 0 Å². The van der Waals surface area contributed by atoms with Crippen molar-refractivity contribution in [1.29, 1.82) is 0 Å². The molecule has 2 aromatic rings. The second-order valence-corrected chi connectivity index (χ2v) is 5.24. The maximum absolute atomic E-state index is 12.8. The number of halogens is 3. The number of aromatic nitrogens is 2. The number of hydrogen-bond acceptors (Lipinski definition) is 2. The van der Waals surface area contributed by atoms with E-state index in [4.69, 9.17) is 0 Å². The lowest BCUT2D eigenvalue weighted by atomic mass is 9.95. The van der Waals surface area contributed by atoms with Crippen molar-refractivity contribution in [1.82, 2.24) is 15.1 Å². The predicted molar refractivity (Wildman–Crippen MR) is 77.3 cm³/mol. The number of nitrogens with one attached hydrogen (secondary N) is 1. The molecule has 21 heavy (non-hydrogen) atoms. The average molecular weight is 299 g/mol. The molecule has 116 valence electrons. The van der Waals surface area contributed by atoms with Crippen LogP contribution in [-0.2, 0) is 13.2 Å². The van der Waals surface area contributed by atoms with Crippen LogP contribution in [0, 0.1) is 0 Å². The van der Waals surface area contributed by atoms with Crippen LogP contribution in [0.25, 0.3) is 10.9 Å². The first-order valence-electron chi connectivity index (χ1n) is 7.07. The summed E-state index contributed by atoms with van der Waals surface area (Å²) in [5.74, 6) is 0.248. The Balaban J connectivity index is 2.47. The number of hydrogen-bond donors (Lipinski definition) is 1. The Hall–Kier alpha value is -1.56. The topological polar surface area (TPSA) is 29.9 Å². The zero-order valence-corrected chi connectivity index (χ0v) is 12.5. The predicted octanol–water partition coefficient (Wildman–Crippen LogP) is 3.70. The highest BCUT2D eigenvalue weighted by Gasteiger charge is 2.31. The monoisotopic (exact) mass is 299 g/mol. The Labute approximate surface area is 122 Å². The smallest absolute Gasteiger partial charge is 0.320 e. The van der Waals surface area contributed by atoms with E-state index in [1.807, 2.05) is 7.05 Å². The third-order valence-electron chi connectivity index (χ3n) is 3.83. The fourth-order valence-corrected chi connectivity index (χ4v) is 2.62. The summed E-state index contributed by atoms with van der Waals surface area (Å²) in [5.41, 5.74) is 0.787. The van der Waals surface area contributed by atoms with Crippen LogP contribution in [0.5, 0.6) is 0 Å². The fourth-order valence-electron chi connectivity index (χ4n) is 2.62. The van der Waals surface area contributed by atoms with Gasteiger partial charge in [0.1, 0.15) is 0 Å². The zero-order chi connectivity index (χ0) is 15.6. The molecule has 0 amide bonds. The summed E-state index contributed by atoms with van der Waals surface area (Å²) in [5, 5.41) is 8.37. The molecule has 1 atom stereocenters. The van der Waals surface area contributed by atoms with Crippen LogP contribution in [0.15, 0.2) is 18.2 Å². The van der Waals surface area contributed by atoms with Gasteiger partial charge in [0.05, 0.1) is 16.8 Å². The Bertz CT molecular complexity index is 616. The molecule has 0 fully saturated rings. The Kier molecular flexibility index (Phi) is 4.56. The van der Waals surface area contributed by atoms with E-state index in [-0.39, 0.29) is 5.92 Å². The van der Waals surface area contributed by atoms with Gasteiger partial charge >= 0.3 is 6.18 Å². The summed E-state index contributed by atoms with van der Waals surface area (Å²) in [6.45, 7) is 2.93. The number of fused-ring (bicyclic) bond motifs is 1. The van der Waals surface area contributed by atoms with Crippen molar-refractivity contribution in [3.05, 3.63) is 29.5 Å². The van der Waals surface area contributed by atoms with E-state index in [0.717, 1.165) is 36.5 Å². The minimum Gasteiger partial charge on any atom is -0.320 e. The minimum atomic E-state index is -4.32. The van der Waals surface area contributed by atoms with E-state index < -0.39 is 11.7 Å². The van der Waals surface area contributed by atoms with E-state index in [2.05, 4.69) is 17.3 Å². The quantitative estimate of drug-likeness (QED) is 0.912. The van der Waals surface area contributed by atoms with Gasteiger partial charge in [0, 0.05) is 18.4 Å². The number of alkyl halides is 3. The molecule has 0 saturated heterocycles. The van der Waals surface area contributed by atoms with Gasteiger partial charge in [-0.25, -0.2) is 0 Å². The summed E-state index contributed by atoms with van der Waals surface area (Å²) < 4.78 is 40.0. The molecule has 1 unspecified atom stereocenters. The molecule has 1 aromatic carbocycles. The van der Waals surface area contributed by atoms with Gasteiger partial charge in [-0.15, -0.1) is 0 Å².